The minimum absolute atomic E-state index is 0.329. The molecule has 2 heterocycles. The average Bonchev–Trinajstić information content (AvgIpc) is 3.14. The van der Waals surface area contributed by atoms with Crippen LogP contribution in [0, 0.1) is 5.92 Å². The van der Waals surface area contributed by atoms with Crippen molar-refractivity contribution in [1.82, 2.24) is 0 Å². The first-order valence-corrected chi connectivity index (χ1v) is 27.8. The molecule has 2 aliphatic rings. The fraction of sp³-hybridized carbons (Fsp3) is 1.00. The van der Waals surface area contributed by atoms with Crippen molar-refractivity contribution in [1.29, 1.82) is 0 Å². The van der Waals surface area contributed by atoms with Crippen LogP contribution in [0.4, 0.5) is 0 Å². The highest BCUT2D eigenvalue weighted by molar-refractivity contribution is 7.92. The van der Waals surface area contributed by atoms with E-state index in [1.54, 1.807) is 6.26 Å². The molecule has 0 saturated carbocycles. The van der Waals surface area contributed by atoms with Crippen LogP contribution in [0.15, 0.2) is 4.36 Å². The van der Waals surface area contributed by atoms with Gasteiger partial charge in [-0.2, -0.15) is 0 Å². The molecule has 2 aliphatic heterocycles. The Morgan fingerprint density at radius 3 is 1.78 bits per heavy atom. The SMILES string of the molecule is CCCCCCCCCCCCCC[C@@H](O)[C@@H](O)[C@H](COC1OC(CO)C(O)C(O)C1O)N=S(C)(=O)CCCCCCCCCCC1CC[Si](C)(C)CC1. The van der Waals surface area contributed by atoms with Gasteiger partial charge in [-0.15, -0.1) is 0 Å². The Morgan fingerprint density at radius 2 is 1.24 bits per heavy atom. The van der Waals surface area contributed by atoms with Gasteiger partial charge in [0, 0.05) is 29.8 Å². The van der Waals surface area contributed by atoms with E-state index in [0.29, 0.717) is 12.2 Å². The maximum absolute atomic E-state index is 13.7. The number of rotatable bonds is 31. The third kappa shape index (κ3) is 21.0. The Hall–Kier alpha value is -0.153. The Labute approximate surface area is 331 Å². The molecule has 0 aromatic rings. The Balaban J connectivity index is 1.79. The first-order valence-electron chi connectivity index (χ1n) is 22.3. The summed E-state index contributed by atoms with van der Waals surface area (Å²) in [5, 5.41) is 62.6. The molecule has 10 nitrogen and oxygen atoms in total. The molecular weight excluding hydrogens is 723 g/mol. The zero-order chi connectivity index (χ0) is 39.8. The molecule has 54 heavy (non-hydrogen) atoms. The quantitative estimate of drug-likeness (QED) is 0.0304. The Kier molecular flexibility index (Phi) is 26.2. The Bertz CT molecular complexity index is 1050. The van der Waals surface area contributed by atoms with Crippen LogP contribution in [-0.2, 0) is 19.2 Å². The van der Waals surface area contributed by atoms with Gasteiger partial charge in [-0.1, -0.05) is 173 Å². The first kappa shape index (κ1) is 50.0. The first-order chi connectivity index (χ1) is 25.8. The molecule has 0 radical (unpaired) electrons. The van der Waals surface area contributed by atoms with Crippen molar-refractivity contribution in [2.45, 2.75) is 235 Å². The van der Waals surface area contributed by atoms with Gasteiger partial charge in [0.2, 0.25) is 0 Å². The summed E-state index contributed by atoms with van der Waals surface area (Å²) in [7, 11) is -3.60. The van der Waals surface area contributed by atoms with Gasteiger partial charge in [0.25, 0.3) is 0 Å². The number of hydrogen-bond donors (Lipinski definition) is 6. The summed E-state index contributed by atoms with van der Waals surface area (Å²) in [5.41, 5.74) is 0. The van der Waals surface area contributed by atoms with Gasteiger partial charge in [-0.05, 0) is 18.8 Å². The van der Waals surface area contributed by atoms with Crippen molar-refractivity contribution in [2.75, 3.05) is 25.2 Å². The summed E-state index contributed by atoms with van der Waals surface area (Å²) in [4.78, 5) is 0. The fourth-order valence-corrected chi connectivity index (χ4v) is 12.4. The minimum Gasteiger partial charge on any atom is -0.394 e. The van der Waals surface area contributed by atoms with Gasteiger partial charge in [-0.3, -0.25) is 4.21 Å². The number of nitrogens with zero attached hydrogens (tertiary/aromatic N) is 1. The molecule has 12 heteroatoms. The smallest absolute Gasteiger partial charge is 0.186 e. The molecule has 6 N–H and O–H groups in total. The third-order valence-corrected chi connectivity index (χ3v) is 17.2. The van der Waals surface area contributed by atoms with Gasteiger partial charge >= 0.3 is 0 Å². The molecular formula is C42H85NO9SSi. The van der Waals surface area contributed by atoms with Gasteiger partial charge < -0.3 is 40.1 Å². The van der Waals surface area contributed by atoms with Gasteiger partial charge in [0.15, 0.2) is 6.29 Å². The molecule has 2 rings (SSSR count). The molecule has 0 spiro atoms. The van der Waals surface area contributed by atoms with Crippen LogP contribution in [-0.4, -0.2) is 117 Å². The lowest BCUT2D eigenvalue weighted by Crippen LogP contribution is -2.59. The molecule has 6 unspecified atom stereocenters. The standard InChI is InChI=1S/C42H85NO9SSi/c1-5-6-7-8-9-10-11-12-13-17-20-23-26-36(45)38(46)35(33-51-42-41(49)40(48)39(47)37(32-44)52-42)43-53(2,50)29-24-21-18-15-14-16-19-22-25-34-27-30-54(3,4)31-28-34/h34-42,44-49H,5-33H2,1-4H3/t35-,36+,37?,38-,39?,40?,41?,42?,53?/m0/s1. The molecule has 0 amide bonds. The summed E-state index contributed by atoms with van der Waals surface area (Å²) in [6.45, 7) is 6.39. The van der Waals surface area contributed by atoms with E-state index in [9.17, 15) is 34.8 Å². The highest BCUT2D eigenvalue weighted by Gasteiger charge is 2.44. The van der Waals surface area contributed by atoms with E-state index in [2.05, 4.69) is 24.4 Å². The molecule has 2 saturated heterocycles. The zero-order valence-corrected chi connectivity index (χ0v) is 36.8. The number of aliphatic hydroxyl groups excluding tert-OH is 6. The molecule has 0 bridgehead atoms. The van der Waals surface area contributed by atoms with Crippen LogP contribution >= 0.6 is 0 Å². The lowest BCUT2D eigenvalue weighted by atomic mass is 9.95. The second-order valence-corrected chi connectivity index (χ2v) is 25.7. The molecule has 0 aliphatic carbocycles. The van der Waals surface area contributed by atoms with Crippen LogP contribution in [0.3, 0.4) is 0 Å². The van der Waals surface area contributed by atoms with Crippen LogP contribution in [0.2, 0.25) is 25.2 Å². The van der Waals surface area contributed by atoms with Crippen molar-refractivity contribution in [2.24, 2.45) is 10.3 Å². The van der Waals surface area contributed by atoms with Crippen molar-refractivity contribution in [3.63, 3.8) is 0 Å². The van der Waals surface area contributed by atoms with Crippen molar-refractivity contribution >= 4 is 17.8 Å². The number of aliphatic hydroxyl groups is 6. The largest absolute Gasteiger partial charge is 0.394 e. The molecule has 0 aromatic heterocycles. The number of ether oxygens (including phenoxy) is 2. The summed E-state index contributed by atoms with van der Waals surface area (Å²) >= 11 is 0. The van der Waals surface area contributed by atoms with Crippen molar-refractivity contribution in [3.05, 3.63) is 0 Å². The topological polar surface area (TPSA) is 169 Å². The highest BCUT2D eigenvalue weighted by atomic mass is 32.2. The van der Waals surface area contributed by atoms with Crippen LogP contribution in [0.25, 0.3) is 0 Å². The van der Waals surface area contributed by atoms with Crippen LogP contribution in [0.5, 0.6) is 0 Å². The van der Waals surface area contributed by atoms with E-state index in [0.717, 1.165) is 50.9 Å². The van der Waals surface area contributed by atoms with Gasteiger partial charge in [0.1, 0.15) is 36.6 Å². The van der Waals surface area contributed by atoms with E-state index in [1.165, 1.54) is 115 Å². The number of unbranched alkanes of at least 4 members (excludes halogenated alkanes) is 18. The third-order valence-electron chi connectivity index (χ3n) is 12.1. The lowest BCUT2D eigenvalue weighted by Gasteiger charge is -2.40. The highest BCUT2D eigenvalue weighted by Crippen LogP contribution is 2.35. The van der Waals surface area contributed by atoms with Crippen LogP contribution < -0.4 is 0 Å². The monoisotopic (exact) mass is 808 g/mol. The predicted molar refractivity (Wildman–Crippen MR) is 224 cm³/mol. The van der Waals surface area contributed by atoms with Gasteiger partial charge in [-0.25, -0.2) is 4.36 Å². The van der Waals surface area contributed by atoms with Crippen molar-refractivity contribution < 1.29 is 44.3 Å². The summed E-state index contributed by atoms with van der Waals surface area (Å²) in [6, 6.07) is 1.95. The molecule has 0 aromatic carbocycles. The van der Waals surface area contributed by atoms with Crippen LogP contribution in [0.1, 0.15) is 161 Å². The second-order valence-electron chi connectivity index (χ2n) is 17.8. The summed E-state index contributed by atoms with van der Waals surface area (Å²) in [6.07, 6.45) is 20.0. The average molecular weight is 808 g/mol. The van der Waals surface area contributed by atoms with E-state index in [4.69, 9.17) is 9.47 Å². The molecule has 322 valence electrons. The molecule has 2 fully saturated rings. The normalized spacial score (nSPS) is 26.3. The number of hydrogen-bond acceptors (Lipinski definition) is 10. The van der Waals surface area contributed by atoms with E-state index in [1.807, 2.05) is 0 Å². The van der Waals surface area contributed by atoms with E-state index < -0.39 is 73.4 Å². The lowest BCUT2D eigenvalue weighted by molar-refractivity contribution is -0.302. The zero-order valence-electron chi connectivity index (χ0n) is 35.0. The minimum atomic E-state index is -2.74. The van der Waals surface area contributed by atoms with Gasteiger partial charge in [0.05, 0.1) is 19.3 Å². The maximum atomic E-state index is 13.7. The fourth-order valence-electron chi connectivity index (χ4n) is 8.16. The van der Waals surface area contributed by atoms with E-state index in [-0.39, 0.29) is 6.61 Å². The van der Waals surface area contributed by atoms with Crippen molar-refractivity contribution in [3.8, 4) is 0 Å². The summed E-state index contributed by atoms with van der Waals surface area (Å²) < 4.78 is 29.4. The Morgan fingerprint density at radius 1 is 0.741 bits per heavy atom. The predicted octanol–water partition coefficient (Wildman–Crippen LogP) is 7.71. The maximum Gasteiger partial charge on any atom is 0.186 e. The second kappa shape index (κ2) is 28.3. The van der Waals surface area contributed by atoms with E-state index >= 15 is 0 Å². The molecule has 9 atom stereocenters. The summed E-state index contributed by atoms with van der Waals surface area (Å²) in [5.74, 6) is 1.33.